The average Bonchev–Trinajstić information content (AvgIpc) is 2.36. The molecule has 0 saturated heterocycles. The summed E-state index contributed by atoms with van der Waals surface area (Å²) < 4.78 is 24.2. The highest BCUT2D eigenvalue weighted by atomic mass is 32.2. The maximum absolute atomic E-state index is 12.1. The molecule has 0 saturated carbocycles. The van der Waals surface area contributed by atoms with Gasteiger partial charge < -0.3 is 5.32 Å². The summed E-state index contributed by atoms with van der Waals surface area (Å²) >= 11 is 0. The highest BCUT2D eigenvalue weighted by Crippen LogP contribution is 2.23. The maximum atomic E-state index is 12.1. The fourth-order valence-electron chi connectivity index (χ4n) is 1.82. The molecule has 20 heavy (non-hydrogen) atoms. The van der Waals surface area contributed by atoms with Crippen molar-refractivity contribution in [3.8, 4) is 0 Å². The van der Waals surface area contributed by atoms with Crippen molar-refractivity contribution in [1.29, 1.82) is 0 Å². The van der Waals surface area contributed by atoms with Crippen molar-refractivity contribution in [2.45, 2.75) is 44.1 Å². The summed E-state index contributed by atoms with van der Waals surface area (Å²) in [6, 6.07) is 7.51. The summed E-state index contributed by atoms with van der Waals surface area (Å²) in [5.41, 5.74) is 1.89. The van der Waals surface area contributed by atoms with Crippen LogP contribution >= 0.6 is 0 Å². The fraction of sp³-hybridized carbons (Fsp3) is 0.533. The van der Waals surface area contributed by atoms with Gasteiger partial charge in [0.2, 0.25) is 5.91 Å². The number of carbonyl (C=O) groups excluding carboxylic acids is 1. The summed E-state index contributed by atoms with van der Waals surface area (Å²) in [7, 11) is -2.05. The fourth-order valence-corrected chi connectivity index (χ4v) is 3.18. The smallest absolute Gasteiger partial charge is 0.237 e. The highest BCUT2D eigenvalue weighted by molar-refractivity contribution is 7.92. The minimum absolute atomic E-state index is 0.0345. The van der Waals surface area contributed by atoms with E-state index in [-0.39, 0.29) is 11.2 Å². The zero-order valence-corrected chi connectivity index (χ0v) is 13.5. The van der Waals surface area contributed by atoms with Crippen molar-refractivity contribution in [2.24, 2.45) is 0 Å². The van der Waals surface area contributed by atoms with E-state index in [9.17, 15) is 13.2 Å². The van der Waals surface area contributed by atoms with Gasteiger partial charge in [0.25, 0.3) is 0 Å². The molecule has 0 aliphatic heterocycles. The third-order valence-electron chi connectivity index (χ3n) is 3.34. The molecule has 0 bridgehead atoms. The average molecular weight is 297 g/mol. The quantitative estimate of drug-likeness (QED) is 0.925. The van der Waals surface area contributed by atoms with Gasteiger partial charge in [-0.3, -0.25) is 4.79 Å². The minimum atomic E-state index is -3.49. The predicted octanol–water partition coefficient (Wildman–Crippen LogP) is 2.03. The van der Waals surface area contributed by atoms with Crippen molar-refractivity contribution < 1.29 is 13.2 Å². The van der Waals surface area contributed by atoms with Gasteiger partial charge in [-0.15, -0.1) is 0 Å². The molecule has 0 unspecified atom stereocenters. The molecule has 5 heteroatoms. The highest BCUT2D eigenvalue weighted by Gasteiger charge is 2.27. The molecule has 0 fully saturated rings. The number of benzene rings is 1. The number of rotatable bonds is 4. The van der Waals surface area contributed by atoms with E-state index in [1.54, 1.807) is 0 Å². The molecule has 1 amide bonds. The van der Waals surface area contributed by atoms with Crippen molar-refractivity contribution in [3.63, 3.8) is 0 Å². The van der Waals surface area contributed by atoms with E-state index in [4.69, 9.17) is 0 Å². The van der Waals surface area contributed by atoms with Crippen LogP contribution in [0.15, 0.2) is 24.3 Å². The summed E-state index contributed by atoms with van der Waals surface area (Å²) in [5, 5.41) is 1.33. The molecule has 1 aromatic rings. The second kappa shape index (κ2) is 5.95. The number of sulfone groups is 1. The van der Waals surface area contributed by atoms with E-state index in [0.717, 1.165) is 5.56 Å². The molecule has 0 heterocycles. The first kappa shape index (κ1) is 16.7. The lowest BCUT2D eigenvalue weighted by atomic mass is 9.87. The third kappa shape index (κ3) is 4.07. The van der Waals surface area contributed by atoms with Crippen LogP contribution < -0.4 is 5.32 Å². The molecule has 0 aromatic heterocycles. The van der Waals surface area contributed by atoms with Crippen LogP contribution in [0, 0.1) is 0 Å². The van der Waals surface area contributed by atoms with E-state index in [1.807, 2.05) is 24.3 Å². The first-order chi connectivity index (χ1) is 9.08. The molecule has 0 aliphatic carbocycles. The molecular formula is C15H23NO3S. The van der Waals surface area contributed by atoms with Gasteiger partial charge in [0.05, 0.1) is 5.75 Å². The van der Waals surface area contributed by atoms with Crippen molar-refractivity contribution in [2.75, 3.05) is 7.05 Å². The molecule has 1 N–H and O–H groups in total. The van der Waals surface area contributed by atoms with Gasteiger partial charge in [-0.25, -0.2) is 8.42 Å². The zero-order chi connectivity index (χ0) is 15.6. The molecule has 0 radical (unpaired) electrons. The number of hydrogen-bond donors (Lipinski definition) is 1. The second-order valence-electron chi connectivity index (χ2n) is 6.01. The number of carbonyl (C=O) groups is 1. The molecule has 0 aliphatic rings. The van der Waals surface area contributed by atoms with E-state index in [0.29, 0.717) is 5.56 Å². The lowest BCUT2D eigenvalue weighted by Gasteiger charge is -2.19. The van der Waals surface area contributed by atoms with Crippen LogP contribution in [0.2, 0.25) is 0 Å². The summed E-state index contributed by atoms with van der Waals surface area (Å²) in [6.07, 6.45) is 0. The van der Waals surface area contributed by atoms with Crippen molar-refractivity contribution in [3.05, 3.63) is 35.4 Å². The van der Waals surface area contributed by atoms with Crippen LogP contribution in [-0.2, 0) is 25.8 Å². The lowest BCUT2D eigenvalue weighted by Crippen LogP contribution is -2.36. The van der Waals surface area contributed by atoms with E-state index in [1.165, 1.54) is 14.0 Å². The Morgan fingerprint density at radius 2 is 1.70 bits per heavy atom. The molecule has 4 nitrogen and oxygen atoms in total. The summed E-state index contributed by atoms with van der Waals surface area (Å²) in [6.45, 7) is 7.73. The van der Waals surface area contributed by atoms with Crippen LogP contribution in [0.4, 0.5) is 0 Å². The molecule has 112 valence electrons. The molecule has 1 aromatic carbocycles. The number of amides is 1. The van der Waals surface area contributed by atoms with Gasteiger partial charge in [-0.1, -0.05) is 45.0 Å². The predicted molar refractivity (Wildman–Crippen MR) is 81.3 cm³/mol. The Morgan fingerprint density at radius 3 is 2.10 bits per heavy atom. The van der Waals surface area contributed by atoms with E-state index < -0.39 is 21.0 Å². The molecule has 1 atom stereocenters. The molecular weight excluding hydrogens is 274 g/mol. The van der Waals surface area contributed by atoms with Crippen LogP contribution in [0.3, 0.4) is 0 Å². The zero-order valence-electron chi connectivity index (χ0n) is 12.7. The lowest BCUT2D eigenvalue weighted by molar-refractivity contribution is -0.119. The van der Waals surface area contributed by atoms with Crippen molar-refractivity contribution in [1.82, 2.24) is 5.32 Å². The normalized spacial score (nSPS) is 13.8. The first-order valence-corrected chi connectivity index (χ1v) is 8.32. The maximum Gasteiger partial charge on any atom is 0.237 e. The van der Waals surface area contributed by atoms with Gasteiger partial charge in [-0.05, 0) is 23.5 Å². The molecule has 0 spiro atoms. The Labute approximate surface area is 121 Å². The van der Waals surface area contributed by atoms with Crippen molar-refractivity contribution >= 4 is 15.7 Å². The Kier molecular flexibility index (Phi) is 4.97. The molecule has 1 rings (SSSR count). The Hall–Kier alpha value is -1.36. The van der Waals surface area contributed by atoms with Crippen LogP contribution in [0.1, 0.15) is 38.8 Å². The monoisotopic (exact) mass is 297 g/mol. The van der Waals surface area contributed by atoms with Crippen LogP contribution in [0.25, 0.3) is 0 Å². The first-order valence-electron chi connectivity index (χ1n) is 6.60. The van der Waals surface area contributed by atoms with E-state index in [2.05, 4.69) is 26.1 Å². The number of hydrogen-bond acceptors (Lipinski definition) is 3. The van der Waals surface area contributed by atoms with Crippen LogP contribution in [-0.4, -0.2) is 26.6 Å². The standard InChI is InChI=1S/C15H23NO3S/c1-11(14(17)16-5)20(18,19)10-12-6-8-13(9-7-12)15(2,3)4/h6-9,11H,10H2,1-5H3,(H,16,17)/t11-/m0/s1. The third-order valence-corrected chi connectivity index (χ3v) is 5.37. The van der Waals surface area contributed by atoms with Crippen LogP contribution in [0.5, 0.6) is 0 Å². The Morgan fingerprint density at radius 1 is 1.20 bits per heavy atom. The van der Waals surface area contributed by atoms with Gasteiger partial charge in [0, 0.05) is 7.05 Å². The largest absolute Gasteiger partial charge is 0.358 e. The van der Waals surface area contributed by atoms with Gasteiger partial charge in [0.1, 0.15) is 5.25 Å². The van der Waals surface area contributed by atoms with Gasteiger partial charge in [-0.2, -0.15) is 0 Å². The Bertz CT molecular complexity index is 568. The minimum Gasteiger partial charge on any atom is -0.358 e. The topological polar surface area (TPSA) is 63.2 Å². The second-order valence-corrected chi connectivity index (χ2v) is 8.33. The SMILES string of the molecule is CNC(=O)[C@H](C)S(=O)(=O)Cc1ccc(C(C)(C)C)cc1. The summed E-state index contributed by atoms with van der Waals surface area (Å²) in [4.78, 5) is 11.4. The van der Waals surface area contributed by atoms with E-state index >= 15 is 0 Å². The Balaban J connectivity index is 2.91. The summed E-state index contributed by atoms with van der Waals surface area (Å²) in [5.74, 6) is -0.595. The van der Waals surface area contributed by atoms with Gasteiger partial charge >= 0.3 is 0 Å². The van der Waals surface area contributed by atoms with Gasteiger partial charge in [0.15, 0.2) is 9.84 Å². The number of nitrogens with one attached hydrogen (secondary N) is 1.